The lowest BCUT2D eigenvalue weighted by Gasteiger charge is -2.06. The quantitative estimate of drug-likeness (QED) is 0.384. The highest BCUT2D eigenvalue weighted by Gasteiger charge is 2.03. The fraction of sp³-hybridized carbons (Fsp3) is 0.500. The van der Waals surface area contributed by atoms with Gasteiger partial charge in [-0.2, -0.15) is 11.8 Å². The highest BCUT2D eigenvalue weighted by Crippen LogP contribution is 2.15. The molecule has 7 nitrogen and oxygen atoms in total. The summed E-state index contributed by atoms with van der Waals surface area (Å²) in [5.74, 6) is 3.68. The van der Waals surface area contributed by atoms with Crippen molar-refractivity contribution in [3.8, 4) is 0 Å². The van der Waals surface area contributed by atoms with Crippen molar-refractivity contribution in [3.63, 3.8) is 0 Å². The minimum Gasteiger partial charge on any atom is -0.464 e. The van der Waals surface area contributed by atoms with E-state index in [4.69, 9.17) is 4.42 Å². The number of furan rings is 1. The van der Waals surface area contributed by atoms with E-state index in [2.05, 4.69) is 11.9 Å². The van der Waals surface area contributed by atoms with Crippen LogP contribution in [0.15, 0.2) is 28.9 Å². The van der Waals surface area contributed by atoms with Crippen LogP contribution in [-0.4, -0.2) is 36.3 Å². The van der Waals surface area contributed by atoms with Gasteiger partial charge in [0.15, 0.2) is 10.9 Å². The summed E-state index contributed by atoms with van der Waals surface area (Å²) >= 11 is 1.69. The summed E-state index contributed by atoms with van der Waals surface area (Å²) in [5, 5.41) is 12.3. The molecular weight excluding hydrogens is 280 g/mol. The third kappa shape index (κ3) is 7.05. The molecule has 1 aromatic heterocycles. The van der Waals surface area contributed by atoms with Gasteiger partial charge in [0.1, 0.15) is 11.5 Å². The Morgan fingerprint density at radius 3 is 2.85 bits per heavy atom. The Labute approximate surface area is 122 Å². The second kappa shape index (κ2) is 8.49. The van der Waals surface area contributed by atoms with Crippen LogP contribution in [-0.2, 0) is 12.3 Å². The van der Waals surface area contributed by atoms with E-state index < -0.39 is 5.03 Å². The van der Waals surface area contributed by atoms with Gasteiger partial charge in [0, 0.05) is 12.3 Å². The molecular formula is C12H20N4O3S. The minimum absolute atomic E-state index is 0.196. The molecule has 0 fully saturated rings. The zero-order valence-corrected chi connectivity index (χ0v) is 12.5. The van der Waals surface area contributed by atoms with Crippen LogP contribution in [0.4, 0.5) is 0 Å². The van der Waals surface area contributed by atoms with Gasteiger partial charge in [-0.15, -0.1) is 0 Å². The Kier molecular flexibility index (Phi) is 6.96. The molecule has 20 heavy (non-hydrogen) atoms. The van der Waals surface area contributed by atoms with E-state index in [0.717, 1.165) is 29.6 Å². The normalized spacial score (nSPS) is 10.6. The number of nitro groups is 1. The van der Waals surface area contributed by atoms with Crippen molar-refractivity contribution in [3.05, 3.63) is 46.2 Å². The zero-order valence-electron chi connectivity index (χ0n) is 11.7. The van der Waals surface area contributed by atoms with Crippen molar-refractivity contribution in [2.24, 2.45) is 0 Å². The maximum absolute atomic E-state index is 10.1. The summed E-state index contributed by atoms with van der Waals surface area (Å²) in [6, 6.07) is 3.96. The molecule has 0 radical (unpaired) electrons. The molecule has 2 N–H and O–H groups in total. The van der Waals surface area contributed by atoms with Gasteiger partial charge < -0.3 is 14.6 Å². The zero-order chi connectivity index (χ0) is 15.0. The predicted molar refractivity (Wildman–Crippen MR) is 79.5 cm³/mol. The molecule has 0 aliphatic rings. The molecule has 0 aliphatic heterocycles. The molecule has 112 valence electrons. The number of nitrogens with zero attached hydrogens (tertiary/aromatic N) is 2. The third-order valence-electron chi connectivity index (χ3n) is 2.24. The average Bonchev–Trinajstić information content (AvgIpc) is 2.74. The van der Waals surface area contributed by atoms with Gasteiger partial charge in [0.05, 0.1) is 12.3 Å². The van der Waals surface area contributed by atoms with Crippen LogP contribution in [0.1, 0.15) is 11.5 Å². The Balaban J connectivity index is 2.13. The number of hydrazine groups is 1. The molecule has 1 heterocycles. The number of hydrogen-bond acceptors (Lipinski definition) is 6. The minimum atomic E-state index is -0.641. The Morgan fingerprint density at radius 1 is 1.50 bits per heavy atom. The number of hydrogen-bond donors (Lipinski definition) is 2. The summed E-state index contributed by atoms with van der Waals surface area (Å²) in [7, 11) is 3.99. The standard InChI is InChI=1S/C12H20N4O3S/c1-10(14-16(17)18)13-6-7-20-9-12-5-4-11(19-12)8-15(2)3/h4-5,13-14H,1,6-9H2,2-3H3. The van der Waals surface area contributed by atoms with E-state index in [0.29, 0.717) is 6.54 Å². The first kappa shape index (κ1) is 16.4. The molecule has 0 spiro atoms. The second-order valence-electron chi connectivity index (χ2n) is 4.43. The van der Waals surface area contributed by atoms with Crippen molar-refractivity contribution in [1.29, 1.82) is 0 Å². The molecule has 1 rings (SSSR count). The van der Waals surface area contributed by atoms with Crippen molar-refractivity contribution < 1.29 is 9.45 Å². The lowest BCUT2D eigenvalue weighted by atomic mass is 10.4. The summed E-state index contributed by atoms with van der Waals surface area (Å²) in [4.78, 5) is 12.2. The molecule has 0 bridgehead atoms. The van der Waals surface area contributed by atoms with Crippen LogP contribution in [0.5, 0.6) is 0 Å². The van der Waals surface area contributed by atoms with Gasteiger partial charge in [-0.05, 0) is 26.2 Å². The molecule has 0 atom stereocenters. The second-order valence-corrected chi connectivity index (χ2v) is 5.54. The van der Waals surface area contributed by atoms with Crippen LogP contribution in [0, 0.1) is 10.1 Å². The number of thioether (sulfide) groups is 1. The SMILES string of the molecule is C=C(NCCSCc1ccc(CN(C)C)o1)N[N+](=O)[O-]. The molecule has 0 aromatic carbocycles. The van der Waals surface area contributed by atoms with Gasteiger partial charge in [0.25, 0.3) is 0 Å². The van der Waals surface area contributed by atoms with E-state index in [9.17, 15) is 10.1 Å². The van der Waals surface area contributed by atoms with E-state index in [1.54, 1.807) is 11.8 Å². The van der Waals surface area contributed by atoms with Crippen LogP contribution < -0.4 is 10.7 Å². The largest absolute Gasteiger partial charge is 0.464 e. The molecule has 0 saturated heterocycles. The molecule has 0 aliphatic carbocycles. The van der Waals surface area contributed by atoms with Crippen molar-refractivity contribution in [1.82, 2.24) is 15.6 Å². The van der Waals surface area contributed by atoms with Crippen molar-refractivity contribution >= 4 is 11.8 Å². The number of nitrogens with one attached hydrogen (secondary N) is 2. The molecule has 0 saturated carbocycles. The average molecular weight is 300 g/mol. The molecule has 8 heteroatoms. The van der Waals surface area contributed by atoms with Crippen LogP contribution in [0.2, 0.25) is 0 Å². The highest BCUT2D eigenvalue weighted by molar-refractivity contribution is 7.98. The first-order valence-electron chi connectivity index (χ1n) is 6.11. The number of rotatable bonds is 10. The lowest BCUT2D eigenvalue weighted by Crippen LogP contribution is -2.31. The topological polar surface area (TPSA) is 83.6 Å². The maximum atomic E-state index is 10.1. The molecule has 0 unspecified atom stereocenters. The van der Waals surface area contributed by atoms with Gasteiger partial charge >= 0.3 is 0 Å². The molecule has 1 aromatic rings. The first-order valence-corrected chi connectivity index (χ1v) is 7.26. The molecule has 0 amide bonds. The smallest absolute Gasteiger partial charge is 0.163 e. The van der Waals surface area contributed by atoms with Crippen molar-refractivity contribution in [2.45, 2.75) is 12.3 Å². The highest BCUT2D eigenvalue weighted by atomic mass is 32.2. The Hall–Kier alpha value is -1.67. The van der Waals surface area contributed by atoms with Crippen LogP contribution in [0.25, 0.3) is 0 Å². The summed E-state index contributed by atoms with van der Waals surface area (Å²) < 4.78 is 5.67. The van der Waals surface area contributed by atoms with Gasteiger partial charge in [-0.1, -0.05) is 12.0 Å². The van der Waals surface area contributed by atoms with E-state index >= 15 is 0 Å². The Morgan fingerprint density at radius 2 is 2.20 bits per heavy atom. The summed E-state index contributed by atoms with van der Waals surface area (Å²) in [6.07, 6.45) is 0. The Bertz CT molecular complexity index is 448. The monoisotopic (exact) mass is 300 g/mol. The van der Waals surface area contributed by atoms with Crippen LogP contribution in [0.3, 0.4) is 0 Å². The van der Waals surface area contributed by atoms with E-state index in [1.165, 1.54) is 0 Å². The van der Waals surface area contributed by atoms with Gasteiger partial charge in [0.2, 0.25) is 0 Å². The van der Waals surface area contributed by atoms with Crippen LogP contribution >= 0.6 is 11.8 Å². The lowest BCUT2D eigenvalue weighted by molar-refractivity contribution is -0.536. The fourth-order valence-electron chi connectivity index (χ4n) is 1.49. The van der Waals surface area contributed by atoms with Gasteiger partial charge in [-0.25, -0.2) is 10.1 Å². The predicted octanol–water partition coefficient (Wildman–Crippen LogP) is 1.42. The fourth-order valence-corrected chi connectivity index (χ4v) is 2.24. The summed E-state index contributed by atoms with van der Waals surface area (Å²) in [5.41, 5.74) is 1.96. The van der Waals surface area contributed by atoms with Gasteiger partial charge in [-0.3, -0.25) is 0 Å². The maximum Gasteiger partial charge on any atom is 0.163 e. The third-order valence-corrected chi connectivity index (χ3v) is 3.23. The summed E-state index contributed by atoms with van der Waals surface area (Å²) in [6.45, 7) is 4.88. The van der Waals surface area contributed by atoms with E-state index in [1.807, 2.05) is 36.6 Å². The first-order chi connectivity index (χ1) is 9.47. The van der Waals surface area contributed by atoms with Crippen molar-refractivity contribution in [2.75, 3.05) is 26.4 Å². The van der Waals surface area contributed by atoms with E-state index in [-0.39, 0.29) is 5.82 Å².